The summed E-state index contributed by atoms with van der Waals surface area (Å²) < 4.78 is 5.26. The third-order valence-corrected chi connectivity index (χ3v) is 4.27. The molecule has 22 heavy (non-hydrogen) atoms. The van der Waals surface area contributed by atoms with E-state index >= 15 is 0 Å². The number of rotatable bonds is 7. The molecule has 1 aromatic carbocycles. The summed E-state index contributed by atoms with van der Waals surface area (Å²) in [5.41, 5.74) is 1.34. The van der Waals surface area contributed by atoms with Gasteiger partial charge in [-0.3, -0.25) is 4.90 Å². The van der Waals surface area contributed by atoms with Gasteiger partial charge in [-0.05, 0) is 43.6 Å². The van der Waals surface area contributed by atoms with Crippen LogP contribution in [0.5, 0.6) is 5.75 Å². The van der Waals surface area contributed by atoms with E-state index in [4.69, 9.17) is 4.74 Å². The summed E-state index contributed by atoms with van der Waals surface area (Å²) in [4.78, 5) is 9.96. The molecule has 0 aliphatic carbocycles. The largest absolute Gasteiger partial charge is 0.497 e. The summed E-state index contributed by atoms with van der Waals surface area (Å²) in [6, 6.07) is 8.85. The minimum Gasteiger partial charge on any atom is -0.497 e. The molecule has 0 radical (unpaired) electrons. The highest BCUT2D eigenvalue weighted by Crippen LogP contribution is 2.26. The summed E-state index contributed by atoms with van der Waals surface area (Å²) in [6.07, 6.45) is 6.24. The van der Waals surface area contributed by atoms with E-state index in [0.717, 1.165) is 24.7 Å². The highest BCUT2D eigenvalue weighted by Gasteiger charge is 2.23. The zero-order chi connectivity index (χ0) is 15.2. The van der Waals surface area contributed by atoms with Gasteiger partial charge in [0, 0.05) is 25.0 Å². The second kappa shape index (κ2) is 7.42. The van der Waals surface area contributed by atoms with Crippen molar-refractivity contribution in [2.75, 3.05) is 26.7 Å². The van der Waals surface area contributed by atoms with Gasteiger partial charge < -0.3 is 15.0 Å². The first-order chi connectivity index (χ1) is 10.9. The Labute approximate surface area is 131 Å². The number of nitrogens with one attached hydrogen (secondary N) is 2. The number of aromatic nitrogens is 2. The average Bonchev–Trinajstić information content (AvgIpc) is 3.25. The van der Waals surface area contributed by atoms with Crippen LogP contribution < -0.4 is 10.1 Å². The molecule has 2 aromatic rings. The molecule has 118 valence electrons. The maximum atomic E-state index is 5.26. The molecule has 5 nitrogen and oxygen atoms in total. The normalized spacial score (nSPS) is 16.8. The highest BCUT2D eigenvalue weighted by molar-refractivity contribution is 5.29. The van der Waals surface area contributed by atoms with E-state index in [2.05, 4.69) is 32.3 Å². The number of nitrogens with zero attached hydrogens (tertiary/aromatic N) is 2. The van der Waals surface area contributed by atoms with Gasteiger partial charge in [0.05, 0.1) is 13.7 Å². The van der Waals surface area contributed by atoms with Gasteiger partial charge in [0.1, 0.15) is 11.6 Å². The number of ether oxygens (including phenoxy) is 1. The molecule has 1 aliphatic heterocycles. The van der Waals surface area contributed by atoms with Crippen molar-refractivity contribution < 1.29 is 4.74 Å². The number of hydrogen-bond donors (Lipinski definition) is 2. The van der Waals surface area contributed by atoms with Crippen molar-refractivity contribution >= 4 is 0 Å². The van der Waals surface area contributed by atoms with Crippen molar-refractivity contribution in [1.29, 1.82) is 0 Å². The highest BCUT2D eigenvalue weighted by atomic mass is 16.5. The number of benzene rings is 1. The number of H-pyrrole nitrogens is 1. The molecule has 2 N–H and O–H groups in total. The summed E-state index contributed by atoms with van der Waals surface area (Å²) in [7, 11) is 1.71. The molecule has 1 unspecified atom stereocenters. The van der Waals surface area contributed by atoms with E-state index in [1.165, 1.54) is 31.5 Å². The number of imidazole rings is 1. The van der Waals surface area contributed by atoms with Gasteiger partial charge in [-0.15, -0.1) is 0 Å². The minimum atomic E-state index is 0.406. The fourth-order valence-electron chi connectivity index (χ4n) is 3.06. The summed E-state index contributed by atoms with van der Waals surface area (Å²) in [6.45, 7) is 4.05. The first-order valence-corrected chi connectivity index (χ1v) is 7.94. The smallest absolute Gasteiger partial charge is 0.120 e. The predicted octanol–water partition coefficient (Wildman–Crippen LogP) is 2.34. The third-order valence-electron chi connectivity index (χ3n) is 4.27. The Morgan fingerprint density at radius 1 is 1.27 bits per heavy atom. The van der Waals surface area contributed by atoms with Crippen molar-refractivity contribution in [3.8, 4) is 5.75 Å². The van der Waals surface area contributed by atoms with Crippen LogP contribution in [-0.2, 0) is 6.54 Å². The molecule has 1 aliphatic rings. The maximum absolute atomic E-state index is 5.26. The van der Waals surface area contributed by atoms with Gasteiger partial charge in [-0.2, -0.15) is 0 Å². The Bertz CT molecular complexity index is 547. The SMILES string of the molecule is COc1ccc(C(CNCc2ncc[nH]2)N2CCCC2)cc1. The molecular formula is C17H24N4O. The molecule has 1 atom stereocenters. The molecule has 2 heterocycles. The van der Waals surface area contributed by atoms with Gasteiger partial charge >= 0.3 is 0 Å². The van der Waals surface area contributed by atoms with Crippen LogP contribution in [0.2, 0.25) is 0 Å². The summed E-state index contributed by atoms with van der Waals surface area (Å²) in [5.74, 6) is 1.89. The Morgan fingerprint density at radius 3 is 2.68 bits per heavy atom. The molecular weight excluding hydrogens is 276 g/mol. The Kier molecular flexibility index (Phi) is 5.08. The van der Waals surface area contributed by atoms with E-state index in [1.807, 2.05) is 18.3 Å². The van der Waals surface area contributed by atoms with E-state index in [-0.39, 0.29) is 0 Å². The lowest BCUT2D eigenvalue weighted by Gasteiger charge is -2.28. The number of aromatic amines is 1. The lowest BCUT2D eigenvalue weighted by Crippen LogP contribution is -2.34. The molecule has 1 aromatic heterocycles. The first-order valence-electron chi connectivity index (χ1n) is 7.94. The minimum absolute atomic E-state index is 0.406. The lowest BCUT2D eigenvalue weighted by molar-refractivity contribution is 0.238. The molecule has 0 bridgehead atoms. The van der Waals surface area contributed by atoms with Gasteiger partial charge in [0.2, 0.25) is 0 Å². The van der Waals surface area contributed by atoms with Crippen molar-refractivity contribution in [2.45, 2.75) is 25.4 Å². The average molecular weight is 300 g/mol. The standard InChI is InChI=1S/C17H24N4O/c1-22-15-6-4-14(5-7-15)16(21-10-2-3-11-21)12-18-13-17-19-8-9-20-17/h4-9,16,18H,2-3,10-13H2,1H3,(H,19,20). The maximum Gasteiger partial charge on any atom is 0.120 e. The number of likely N-dealkylation sites (tertiary alicyclic amines) is 1. The van der Waals surface area contributed by atoms with E-state index in [1.54, 1.807) is 13.3 Å². The second-order valence-electron chi connectivity index (χ2n) is 5.70. The molecule has 0 saturated carbocycles. The van der Waals surface area contributed by atoms with Crippen LogP contribution in [0.4, 0.5) is 0 Å². The van der Waals surface area contributed by atoms with Crippen LogP contribution in [0.25, 0.3) is 0 Å². The molecule has 3 rings (SSSR count). The van der Waals surface area contributed by atoms with Crippen LogP contribution >= 0.6 is 0 Å². The van der Waals surface area contributed by atoms with E-state index in [0.29, 0.717) is 6.04 Å². The molecule has 5 heteroatoms. The van der Waals surface area contributed by atoms with E-state index in [9.17, 15) is 0 Å². The third kappa shape index (κ3) is 3.67. The van der Waals surface area contributed by atoms with Crippen LogP contribution in [0.3, 0.4) is 0 Å². The Morgan fingerprint density at radius 2 is 2.05 bits per heavy atom. The predicted molar refractivity (Wildman–Crippen MR) is 86.8 cm³/mol. The van der Waals surface area contributed by atoms with Gasteiger partial charge in [0.15, 0.2) is 0 Å². The number of methoxy groups -OCH3 is 1. The van der Waals surface area contributed by atoms with Crippen molar-refractivity contribution in [3.05, 3.63) is 48.0 Å². The molecule has 1 saturated heterocycles. The van der Waals surface area contributed by atoms with Crippen LogP contribution in [0.1, 0.15) is 30.3 Å². The van der Waals surface area contributed by atoms with Crippen LogP contribution in [-0.4, -0.2) is 41.6 Å². The molecule has 1 fully saturated rings. The zero-order valence-electron chi connectivity index (χ0n) is 13.1. The monoisotopic (exact) mass is 300 g/mol. The summed E-state index contributed by atoms with van der Waals surface area (Å²) >= 11 is 0. The Balaban J connectivity index is 1.65. The van der Waals surface area contributed by atoms with Gasteiger partial charge in [-0.25, -0.2) is 4.98 Å². The van der Waals surface area contributed by atoms with Gasteiger partial charge in [-0.1, -0.05) is 12.1 Å². The van der Waals surface area contributed by atoms with Crippen molar-refractivity contribution in [1.82, 2.24) is 20.2 Å². The fourth-order valence-corrected chi connectivity index (χ4v) is 3.06. The first kappa shape index (κ1) is 15.1. The van der Waals surface area contributed by atoms with E-state index < -0.39 is 0 Å². The quantitative estimate of drug-likeness (QED) is 0.824. The molecule has 0 amide bonds. The van der Waals surface area contributed by atoms with Crippen molar-refractivity contribution in [3.63, 3.8) is 0 Å². The number of hydrogen-bond acceptors (Lipinski definition) is 4. The fraction of sp³-hybridized carbons (Fsp3) is 0.471. The zero-order valence-corrected chi connectivity index (χ0v) is 13.1. The lowest BCUT2D eigenvalue weighted by atomic mass is 10.1. The Hall–Kier alpha value is -1.85. The molecule has 0 spiro atoms. The van der Waals surface area contributed by atoms with Crippen molar-refractivity contribution in [2.24, 2.45) is 0 Å². The van der Waals surface area contributed by atoms with Crippen LogP contribution in [0, 0.1) is 0 Å². The second-order valence-corrected chi connectivity index (χ2v) is 5.70. The topological polar surface area (TPSA) is 53.2 Å². The van der Waals surface area contributed by atoms with Crippen LogP contribution in [0.15, 0.2) is 36.7 Å². The summed E-state index contributed by atoms with van der Waals surface area (Å²) in [5, 5.41) is 3.53. The van der Waals surface area contributed by atoms with Gasteiger partial charge in [0.25, 0.3) is 0 Å².